The maximum atomic E-state index is 12.2. The molecule has 6 nitrogen and oxygen atoms in total. The molecule has 2 N–H and O–H groups in total. The van der Waals surface area contributed by atoms with Crippen molar-refractivity contribution in [2.24, 2.45) is 0 Å². The van der Waals surface area contributed by atoms with Crippen molar-refractivity contribution in [2.45, 2.75) is 0 Å². The lowest BCUT2D eigenvalue weighted by atomic mass is 10.2. The maximum Gasteiger partial charge on any atom is 0.323 e. The van der Waals surface area contributed by atoms with Crippen molar-refractivity contribution >= 4 is 11.6 Å². The molecular formula is C14H16N4O2. The number of hydrogen-bond acceptors (Lipinski definition) is 3. The topological polar surface area (TPSA) is 72.2 Å². The van der Waals surface area contributed by atoms with Crippen molar-refractivity contribution in [1.29, 1.82) is 0 Å². The van der Waals surface area contributed by atoms with Gasteiger partial charge in [-0.25, -0.2) is 4.79 Å². The van der Waals surface area contributed by atoms with Gasteiger partial charge in [-0.05, 0) is 12.1 Å². The highest BCUT2D eigenvalue weighted by Crippen LogP contribution is 2.16. The summed E-state index contributed by atoms with van der Waals surface area (Å²) < 4.78 is 0. The molecule has 0 saturated carbocycles. The van der Waals surface area contributed by atoms with Crippen LogP contribution in [0.2, 0.25) is 0 Å². The van der Waals surface area contributed by atoms with Crippen molar-refractivity contribution in [2.75, 3.05) is 31.1 Å². The van der Waals surface area contributed by atoms with Gasteiger partial charge in [0.15, 0.2) is 0 Å². The van der Waals surface area contributed by atoms with Crippen molar-refractivity contribution in [1.82, 2.24) is 14.9 Å². The Morgan fingerprint density at radius 3 is 2.35 bits per heavy atom. The van der Waals surface area contributed by atoms with Crippen molar-refractivity contribution < 1.29 is 4.79 Å². The van der Waals surface area contributed by atoms with E-state index in [1.807, 2.05) is 18.2 Å². The zero-order valence-electron chi connectivity index (χ0n) is 11.0. The predicted octanol–water partition coefficient (Wildman–Crippen LogP) is 0.665. The molecule has 0 spiro atoms. The van der Waals surface area contributed by atoms with Gasteiger partial charge in [-0.2, -0.15) is 0 Å². The van der Waals surface area contributed by atoms with E-state index >= 15 is 0 Å². The zero-order chi connectivity index (χ0) is 13.9. The minimum absolute atomic E-state index is 0.129. The van der Waals surface area contributed by atoms with Gasteiger partial charge in [0.1, 0.15) is 5.69 Å². The van der Waals surface area contributed by atoms with E-state index in [9.17, 15) is 9.59 Å². The van der Waals surface area contributed by atoms with Crippen LogP contribution in [0, 0.1) is 0 Å². The number of benzene rings is 1. The third-order valence-electron chi connectivity index (χ3n) is 3.51. The molecule has 1 aromatic heterocycles. The van der Waals surface area contributed by atoms with Crippen LogP contribution in [0.4, 0.5) is 5.69 Å². The maximum absolute atomic E-state index is 12.2. The minimum atomic E-state index is -0.351. The van der Waals surface area contributed by atoms with Crippen LogP contribution in [0.5, 0.6) is 0 Å². The van der Waals surface area contributed by atoms with Crippen LogP contribution in [0.15, 0.2) is 41.3 Å². The van der Waals surface area contributed by atoms with Gasteiger partial charge >= 0.3 is 5.69 Å². The van der Waals surface area contributed by atoms with Gasteiger partial charge in [-0.15, -0.1) is 0 Å². The third-order valence-corrected chi connectivity index (χ3v) is 3.51. The van der Waals surface area contributed by atoms with E-state index in [-0.39, 0.29) is 11.6 Å². The molecule has 1 aliphatic rings. The second kappa shape index (κ2) is 5.24. The lowest BCUT2D eigenvalue weighted by Gasteiger charge is -2.35. The van der Waals surface area contributed by atoms with E-state index < -0.39 is 0 Å². The Balaban J connectivity index is 1.64. The fourth-order valence-corrected chi connectivity index (χ4v) is 2.42. The molecular weight excluding hydrogens is 256 g/mol. The highest BCUT2D eigenvalue weighted by atomic mass is 16.2. The quantitative estimate of drug-likeness (QED) is 0.844. The SMILES string of the molecule is O=C(c1c[nH]c(=O)[nH]1)N1CCN(c2ccccc2)CC1. The summed E-state index contributed by atoms with van der Waals surface area (Å²) in [5, 5.41) is 0. The van der Waals surface area contributed by atoms with Gasteiger partial charge in [0, 0.05) is 38.1 Å². The molecule has 1 fully saturated rings. The molecule has 0 atom stereocenters. The van der Waals surface area contributed by atoms with E-state index in [0.717, 1.165) is 13.1 Å². The van der Waals surface area contributed by atoms with Gasteiger partial charge < -0.3 is 19.8 Å². The largest absolute Gasteiger partial charge is 0.368 e. The Bertz CT molecular complexity index is 638. The second-order valence-corrected chi connectivity index (χ2v) is 4.77. The fraction of sp³-hybridized carbons (Fsp3) is 0.286. The van der Waals surface area contributed by atoms with Gasteiger partial charge in [-0.1, -0.05) is 18.2 Å². The summed E-state index contributed by atoms with van der Waals surface area (Å²) in [6, 6.07) is 10.2. The number of carbonyl (C=O) groups is 1. The number of nitrogens with one attached hydrogen (secondary N) is 2. The first kappa shape index (κ1) is 12.5. The highest BCUT2D eigenvalue weighted by Gasteiger charge is 2.23. The first-order valence-corrected chi connectivity index (χ1v) is 6.61. The van der Waals surface area contributed by atoms with E-state index in [1.165, 1.54) is 11.9 Å². The number of piperazine rings is 1. The van der Waals surface area contributed by atoms with Crippen LogP contribution in [0.25, 0.3) is 0 Å². The molecule has 1 aliphatic heterocycles. The zero-order valence-corrected chi connectivity index (χ0v) is 11.0. The Labute approximate surface area is 116 Å². The summed E-state index contributed by atoms with van der Waals surface area (Å²) in [6.45, 7) is 2.90. The number of hydrogen-bond donors (Lipinski definition) is 2. The van der Waals surface area contributed by atoms with Crippen LogP contribution in [-0.4, -0.2) is 47.0 Å². The van der Waals surface area contributed by atoms with Crippen LogP contribution in [-0.2, 0) is 0 Å². The number of aromatic amines is 2. The molecule has 2 heterocycles. The van der Waals surface area contributed by atoms with Crippen LogP contribution in [0.3, 0.4) is 0 Å². The second-order valence-electron chi connectivity index (χ2n) is 4.77. The first-order valence-electron chi connectivity index (χ1n) is 6.61. The number of carbonyl (C=O) groups excluding carboxylic acids is 1. The predicted molar refractivity (Wildman–Crippen MR) is 76.0 cm³/mol. The van der Waals surface area contributed by atoms with E-state index in [4.69, 9.17) is 0 Å². The third kappa shape index (κ3) is 2.45. The average molecular weight is 272 g/mol. The summed E-state index contributed by atoms with van der Waals surface area (Å²) >= 11 is 0. The average Bonchev–Trinajstić information content (AvgIpc) is 2.94. The first-order chi connectivity index (χ1) is 9.74. The van der Waals surface area contributed by atoms with Gasteiger partial charge in [0.2, 0.25) is 0 Å². The number of anilines is 1. The molecule has 6 heteroatoms. The summed E-state index contributed by atoms with van der Waals surface area (Å²) in [4.78, 5) is 32.2. The molecule has 2 aromatic rings. The monoisotopic (exact) mass is 272 g/mol. The molecule has 1 amide bonds. The Kier molecular flexibility index (Phi) is 3.28. The minimum Gasteiger partial charge on any atom is -0.368 e. The molecule has 1 aromatic carbocycles. The molecule has 0 radical (unpaired) electrons. The smallest absolute Gasteiger partial charge is 0.323 e. The van der Waals surface area contributed by atoms with Crippen molar-refractivity contribution in [3.05, 3.63) is 52.7 Å². The molecule has 104 valence electrons. The molecule has 0 bridgehead atoms. The molecule has 20 heavy (non-hydrogen) atoms. The van der Waals surface area contributed by atoms with E-state index in [1.54, 1.807) is 4.90 Å². The summed E-state index contributed by atoms with van der Waals surface area (Å²) in [6.07, 6.45) is 1.42. The normalized spacial score (nSPS) is 15.4. The molecule has 0 unspecified atom stereocenters. The summed E-state index contributed by atoms with van der Waals surface area (Å²) in [5.41, 5.74) is 1.15. The standard InChI is InChI=1S/C14H16N4O2/c19-13(12-10-15-14(20)16-12)18-8-6-17(7-9-18)11-4-2-1-3-5-11/h1-5,10H,6-9H2,(H2,15,16,20). The number of nitrogens with zero attached hydrogens (tertiary/aromatic N) is 2. The van der Waals surface area contributed by atoms with Gasteiger partial charge in [0.25, 0.3) is 5.91 Å². The summed E-state index contributed by atoms with van der Waals surface area (Å²) in [5.74, 6) is -0.129. The Morgan fingerprint density at radius 2 is 1.75 bits per heavy atom. The van der Waals surface area contributed by atoms with E-state index in [0.29, 0.717) is 18.8 Å². The van der Waals surface area contributed by atoms with Crippen molar-refractivity contribution in [3.8, 4) is 0 Å². The lowest BCUT2D eigenvalue weighted by Crippen LogP contribution is -2.48. The molecule has 1 saturated heterocycles. The number of aromatic nitrogens is 2. The van der Waals surface area contributed by atoms with E-state index in [2.05, 4.69) is 27.0 Å². The van der Waals surface area contributed by atoms with Gasteiger partial charge in [0.05, 0.1) is 0 Å². The van der Waals surface area contributed by atoms with Crippen molar-refractivity contribution in [3.63, 3.8) is 0 Å². The van der Waals surface area contributed by atoms with Gasteiger partial charge in [-0.3, -0.25) is 4.79 Å². The summed E-state index contributed by atoms with van der Waals surface area (Å²) in [7, 11) is 0. The van der Waals surface area contributed by atoms with Crippen LogP contribution >= 0.6 is 0 Å². The molecule has 0 aliphatic carbocycles. The Morgan fingerprint density at radius 1 is 1.05 bits per heavy atom. The number of H-pyrrole nitrogens is 2. The molecule has 3 rings (SSSR count). The fourth-order valence-electron chi connectivity index (χ4n) is 2.42. The van der Waals surface area contributed by atoms with Crippen LogP contribution < -0.4 is 10.6 Å². The number of rotatable bonds is 2. The Hall–Kier alpha value is -2.50. The number of imidazole rings is 1. The lowest BCUT2D eigenvalue weighted by molar-refractivity contribution is 0.0741. The van der Waals surface area contributed by atoms with Crippen LogP contribution in [0.1, 0.15) is 10.5 Å². The number of amides is 1. The highest BCUT2D eigenvalue weighted by molar-refractivity contribution is 5.92. The number of para-hydroxylation sites is 1.